The first-order valence-electron chi connectivity index (χ1n) is 17.9. The van der Waals surface area contributed by atoms with E-state index in [-0.39, 0.29) is 6.61 Å². The van der Waals surface area contributed by atoms with Gasteiger partial charge in [0.05, 0.1) is 14.2 Å². The third-order valence-electron chi connectivity index (χ3n) is 9.41. The molecule has 0 atom stereocenters. The van der Waals surface area contributed by atoms with Crippen molar-refractivity contribution in [1.82, 2.24) is 5.32 Å². The lowest BCUT2D eigenvalue weighted by molar-refractivity contribution is -0.00900. The largest absolute Gasteiger partial charge is 0.497 e. The van der Waals surface area contributed by atoms with E-state index in [2.05, 4.69) is 17.4 Å². The summed E-state index contributed by atoms with van der Waals surface area (Å²) in [6.07, 6.45) is 3.65. The molecule has 0 aliphatic rings. The summed E-state index contributed by atoms with van der Waals surface area (Å²) in [5, 5.41) is 13.2. The molecule has 5 rings (SSSR count). The highest BCUT2D eigenvalue weighted by molar-refractivity contribution is 6.30. The van der Waals surface area contributed by atoms with Crippen LogP contribution in [0.2, 0.25) is 10.0 Å². The van der Waals surface area contributed by atoms with Gasteiger partial charge in [0.15, 0.2) is 5.60 Å². The second-order valence-electron chi connectivity index (χ2n) is 12.8. The van der Waals surface area contributed by atoms with E-state index < -0.39 is 17.3 Å². The van der Waals surface area contributed by atoms with Crippen LogP contribution in [0.1, 0.15) is 66.3 Å². The molecule has 9 heteroatoms. The normalized spacial score (nSPS) is 11.6. The summed E-state index contributed by atoms with van der Waals surface area (Å²) in [6.45, 7) is 0.913. The van der Waals surface area contributed by atoms with Crippen molar-refractivity contribution >= 4 is 29.3 Å². The number of benzene rings is 5. The van der Waals surface area contributed by atoms with Crippen molar-refractivity contribution in [1.29, 1.82) is 0 Å². The number of aliphatic hydroxyl groups is 1. The number of rotatable bonds is 19. The van der Waals surface area contributed by atoms with Gasteiger partial charge in [-0.3, -0.25) is 0 Å². The van der Waals surface area contributed by atoms with Gasteiger partial charge < -0.3 is 29.4 Å². The van der Waals surface area contributed by atoms with E-state index in [0.717, 1.165) is 65.0 Å². The molecular formula is C44H47Cl2NO6. The van der Waals surface area contributed by atoms with Crippen molar-refractivity contribution in [2.75, 3.05) is 34.0 Å². The zero-order valence-electron chi connectivity index (χ0n) is 30.2. The Morgan fingerprint density at radius 1 is 0.604 bits per heavy atom. The van der Waals surface area contributed by atoms with Crippen LogP contribution in [0, 0.1) is 0 Å². The van der Waals surface area contributed by atoms with E-state index in [0.29, 0.717) is 36.0 Å². The van der Waals surface area contributed by atoms with Crippen LogP contribution in [0.5, 0.6) is 11.5 Å². The maximum atomic E-state index is 13.6. The van der Waals surface area contributed by atoms with Crippen molar-refractivity contribution in [3.63, 3.8) is 0 Å². The fourth-order valence-corrected chi connectivity index (χ4v) is 6.91. The van der Waals surface area contributed by atoms with E-state index in [1.807, 2.05) is 91.0 Å². The Morgan fingerprint density at radius 2 is 1.08 bits per heavy atom. The van der Waals surface area contributed by atoms with Gasteiger partial charge >= 0.3 is 6.09 Å². The fraction of sp³-hybridized carbons (Fsp3) is 0.295. The van der Waals surface area contributed by atoms with Gasteiger partial charge in [0.25, 0.3) is 0 Å². The first-order valence-corrected chi connectivity index (χ1v) is 18.7. The molecule has 0 aliphatic heterocycles. The first kappa shape index (κ1) is 39.7. The van der Waals surface area contributed by atoms with Crippen molar-refractivity contribution in [2.24, 2.45) is 0 Å². The van der Waals surface area contributed by atoms with Crippen LogP contribution in [0.25, 0.3) is 0 Å². The summed E-state index contributed by atoms with van der Waals surface area (Å²) < 4.78 is 24.7. The number of hydrogen-bond acceptors (Lipinski definition) is 6. The lowest BCUT2D eigenvalue weighted by Gasteiger charge is -2.38. The molecule has 0 unspecified atom stereocenters. The number of hydrogen-bond donors (Lipinski definition) is 2. The van der Waals surface area contributed by atoms with Gasteiger partial charge in [-0.1, -0.05) is 115 Å². The Hall–Kier alpha value is -4.53. The quantitative estimate of drug-likeness (QED) is 0.0645. The monoisotopic (exact) mass is 755 g/mol. The number of halogens is 2. The van der Waals surface area contributed by atoms with Crippen LogP contribution < -0.4 is 14.8 Å². The number of ether oxygens (including phenoxy) is 4. The summed E-state index contributed by atoms with van der Waals surface area (Å²) in [5.41, 5.74) is 2.12. The number of alkyl carbamates (subject to hydrolysis) is 1. The third-order valence-corrected chi connectivity index (χ3v) is 9.91. The number of aliphatic hydroxyl groups excluding tert-OH is 1. The summed E-state index contributed by atoms with van der Waals surface area (Å²) >= 11 is 12.7. The van der Waals surface area contributed by atoms with Gasteiger partial charge in [0.1, 0.15) is 17.1 Å². The molecule has 278 valence electrons. The SMILES string of the molecule is COc1ccc(C(OCCCC(OC(=O)NCCCCCCO)(c2ccc(Cl)cc2)c2ccc(Cl)cc2)(c2ccccc2)c2ccc(OC)cc2)cc1. The van der Waals surface area contributed by atoms with E-state index in [9.17, 15) is 4.79 Å². The number of carbonyl (C=O) groups is 1. The van der Waals surface area contributed by atoms with Crippen molar-refractivity contribution < 1.29 is 28.8 Å². The number of amides is 1. The summed E-state index contributed by atoms with van der Waals surface area (Å²) in [6, 6.07) is 40.7. The summed E-state index contributed by atoms with van der Waals surface area (Å²) in [4.78, 5) is 13.6. The highest BCUT2D eigenvalue weighted by atomic mass is 35.5. The second-order valence-corrected chi connectivity index (χ2v) is 13.6. The third kappa shape index (κ3) is 9.92. The number of methoxy groups -OCH3 is 2. The molecule has 0 aromatic heterocycles. The highest BCUT2D eigenvalue weighted by Gasteiger charge is 2.41. The molecule has 53 heavy (non-hydrogen) atoms. The van der Waals surface area contributed by atoms with E-state index in [1.165, 1.54) is 0 Å². The van der Waals surface area contributed by atoms with Crippen molar-refractivity contribution in [2.45, 2.75) is 49.7 Å². The van der Waals surface area contributed by atoms with Gasteiger partial charge in [-0.25, -0.2) is 4.79 Å². The highest BCUT2D eigenvalue weighted by Crippen LogP contribution is 2.43. The first-order chi connectivity index (χ1) is 25.8. The maximum Gasteiger partial charge on any atom is 0.408 e. The van der Waals surface area contributed by atoms with Gasteiger partial charge in [-0.2, -0.15) is 0 Å². The molecule has 0 heterocycles. The molecule has 7 nitrogen and oxygen atoms in total. The van der Waals surface area contributed by atoms with Crippen molar-refractivity contribution in [3.05, 3.63) is 165 Å². The lowest BCUT2D eigenvalue weighted by Crippen LogP contribution is -2.39. The molecule has 5 aromatic rings. The van der Waals surface area contributed by atoms with E-state index in [1.54, 1.807) is 38.5 Å². The zero-order chi connectivity index (χ0) is 37.5. The van der Waals surface area contributed by atoms with Crippen LogP contribution in [0.15, 0.2) is 127 Å². The van der Waals surface area contributed by atoms with Crippen LogP contribution >= 0.6 is 23.2 Å². The molecule has 0 spiro atoms. The van der Waals surface area contributed by atoms with Gasteiger partial charge in [0, 0.05) is 40.9 Å². The van der Waals surface area contributed by atoms with E-state index >= 15 is 0 Å². The molecular weight excluding hydrogens is 709 g/mol. The minimum atomic E-state index is -1.20. The Kier molecular flexibility index (Phi) is 14.6. The molecule has 0 saturated heterocycles. The smallest absolute Gasteiger partial charge is 0.408 e. The average Bonchev–Trinajstić information content (AvgIpc) is 3.20. The molecule has 5 aromatic carbocycles. The standard InChI is InChI=1S/C44H47Cl2NO6/c1-50-40-25-17-36(18-26-40)44(35-11-6-5-7-12-35,37-19-27-41(51-2)28-20-37)52-32-10-29-43(33-13-21-38(45)22-14-33,34-15-23-39(46)24-16-34)53-42(49)47-30-8-3-4-9-31-48/h5-7,11-28,48H,3-4,8-10,29-32H2,1-2H3,(H,47,49). The minimum absolute atomic E-state index is 0.163. The molecule has 2 N–H and O–H groups in total. The van der Waals surface area contributed by atoms with Crippen LogP contribution in [0.3, 0.4) is 0 Å². The number of unbranched alkanes of at least 4 members (excludes halogenated alkanes) is 3. The Bertz CT molecular complexity index is 1740. The predicted molar refractivity (Wildman–Crippen MR) is 211 cm³/mol. The summed E-state index contributed by atoms with van der Waals surface area (Å²) in [5.74, 6) is 1.48. The van der Waals surface area contributed by atoms with Crippen molar-refractivity contribution in [3.8, 4) is 11.5 Å². The second kappa shape index (κ2) is 19.5. The Labute approximate surface area is 322 Å². The van der Waals surface area contributed by atoms with Gasteiger partial charge in [-0.05, 0) is 90.9 Å². The molecule has 0 radical (unpaired) electrons. The van der Waals surface area contributed by atoms with Gasteiger partial charge in [0.2, 0.25) is 0 Å². The summed E-state index contributed by atoms with van der Waals surface area (Å²) in [7, 11) is 3.29. The number of nitrogens with one attached hydrogen (secondary N) is 1. The van der Waals surface area contributed by atoms with Crippen LogP contribution in [0.4, 0.5) is 4.79 Å². The molecule has 0 aliphatic carbocycles. The molecule has 0 saturated carbocycles. The van der Waals surface area contributed by atoms with Crippen LogP contribution in [-0.4, -0.2) is 45.2 Å². The topological polar surface area (TPSA) is 86.3 Å². The zero-order valence-corrected chi connectivity index (χ0v) is 31.7. The Morgan fingerprint density at radius 3 is 1.57 bits per heavy atom. The maximum absolute atomic E-state index is 13.6. The fourth-order valence-electron chi connectivity index (χ4n) is 6.66. The molecule has 0 bridgehead atoms. The predicted octanol–water partition coefficient (Wildman–Crippen LogP) is 10.3. The molecule has 0 fully saturated rings. The number of carbonyl (C=O) groups excluding carboxylic acids is 1. The lowest BCUT2D eigenvalue weighted by atomic mass is 9.79. The molecule has 1 amide bonds. The van der Waals surface area contributed by atoms with Crippen LogP contribution in [-0.2, 0) is 20.7 Å². The Balaban J connectivity index is 1.51. The average molecular weight is 757 g/mol. The van der Waals surface area contributed by atoms with Gasteiger partial charge in [-0.15, -0.1) is 0 Å². The minimum Gasteiger partial charge on any atom is -0.497 e. The van der Waals surface area contributed by atoms with E-state index in [4.69, 9.17) is 47.3 Å².